The largest absolute Gasteiger partial charge is 0.497 e. The Hall–Kier alpha value is -3.39. The van der Waals surface area contributed by atoms with E-state index in [4.69, 9.17) is 4.74 Å². The van der Waals surface area contributed by atoms with Crippen molar-refractivity contribution in [2.24, 2.45) is 0 Å². The number of H-pyrrole nitrogens is 1. The number of pyridine rings is 1. The van der Waals surface area contributed by atoms with E-state index in [1.54, 1.807) is 19.5 Å². The van der Waals surface area contributed by atoms with Gasteiger partial charge in [0.05, 0.1) is 12.9 Å². The molecule has 8 heteroatoms. The molecule has 1 N–H and O–H groups in total. The summed E-state index contributed by atoms with van der Waals surface area (Å²) in [4.78, 5) is 21.3. The van der Waals surface area contributed by atoms with Crippen LogP contribution in [-0.2, 0) is 0 Å². The lowest BCUT2D eigenvalue weighted by atomic mass is 10.2. The summed E-state index contributed by atoms with van der Waals surface area (Å²) in [6, 6.07) is 13.4. The van der Waals surface area contributed by atoms with Crippen LogP contribution in [-0.4, -0.2) is 43.4 Å². The third kappa shape index (κ3) is 3.99. The molecule has 1 aromatic carbocycles. The monoisotopic (exact) mass is 419 g/mol. The Morgan fingerprint density at radius 3 is 2.57 bits per heavy atom. The lowest BCUT2D eigenvalue weighted by molar-refractivity contribution is 0.102. The van der Waals surface area contributed by atoms with E-state index in [0.29, 0.717) is 16.5 Å². The Balaban J connectivity index is 1.48. The second kappa shape index (κ2) is 8.54. The van der Waals surface area contributed by atoms with Crippen molar-refractivity contribution in [1.29, 1.82) is 0 Å². The average molecular weight is 420 g/mol. The zero-order valence-electron chi connectivity index (χ0n) is 16.9. The molecule has 152 valence electrons. The summed E-state index contributed by atoms with van der Waals surface area (Å²) in [5.41, 5.74) is 4.52. The number of hydrogen-bond donors (Lipinski definition) is 1. The van der Waals surface area contributed by atoms with Gasteiger partial charge in [0, 0.05) is 40.6 Å². The van der Waals surface area contributed by atoms with Crippen LogP contribution >= 0.6 is 11.8 Å². The van der Waals surface area contributed by atoms with E-state index in [1.165, 1.54) is 11.8 Å². The Morgan fingerprint density at radius 2 is 1.87 bits per heavy atom. The van der Waals surface area contributed by atoms with E-state index in [1.807, 2.05) is 56.3 Å². The topological polar surface area (TPSA) is 85.7 Å². The zero-order valence-corrected chi connectivity index (χ0v) is 17.7. The summed E-state index contributed by atoms with van der Waals surface area (Å²) in [6.45, 7) is 3.96. The Labute approximate surface area is 178 Å². The van der Waals surface area contributed by atoms with Crippen LogP contribution in [0.25, 0.3) is 17.1 Å². The Bertz CT molecular complexity index is 1170. The summed E-state index contributed by atoms with van der Waals surface area (Å²) in [6.07, 6.45) is 3.40. The normalized spacial score (nSPS) is 10.9. The van der Waals surface area contributed by atoms with Gasteiger partial charge in [-0.15, -0.1) is 5.10 Å². The fourth-order valence-electron chi connectivity index (χ4n) is 3.33. The highest BCUT2D eigenvalue weighted by molar-refractivity contribution is 7.99. The molecular formula is C22H21N5O2S. The third-order valence-electron chi connectivity index (χ3n) is 4.81. The third-order valence-corrected chi connectivity index (χ3v) is 5.66. The van der Waals surface area contributed by atoms with Crippen LogP contribution in [0.15, 0.2) is 60.0 Å². The molecule has 0 bridgehead atoms. The van der Waals surface area contributed by atoms with E-state index in [2.05, 4.69) is 24.7 Å². The quantitative estimate of drug-likeness (QED) is 0.356. The summed E-state index contributed by atoms with van der Waals surface area (Å²) in [5.74, 6) is 1.76. The SMILES string of the molecule is COc1ccc(-n2c(C)cc(C(=O)CSc3n[nH]c(-c4ccncc4)n3)c2C)cc1. The van der Waals surface area contributed by atoms with Crippen molar-refractivity contribution in [2.45, 2.75) is 19.0 Å². The number of ether oxygens (including phenoxy) is 1. The average Bonchev–Trinajstić information content (AvgIpc) is 3.37. The predicted octanol–water partition coefficient (Wildman–Crippen LogP) is 4.26. The van der Waals surface area contributed by atoms with Gasteiger partial charge in [-0.1, -0.05) is 11.8 Å². The van der Waals surface area contributed by atoms with E-state index in [-0.39, 0.29) is 11.5 Å². The first-order valence-electron chi connectivity index (χ1n) is 9.39. The highest BCUT2D eigenvalue weighted by Crippen LogP contribution is 2.25. The summed E-state index contributed by atoms with van der Waals surface area (Å²) < 4.78 is 7.30. The number of methoxy groups -OCH3 is 1. The maximum Gasteiger partial charge on any atom is 0.209 e. The molecule has 3 aromatic heterocycles. The molecule has 7 nitrogen and oxygen atoms in total. The number of rotatable bonds is 7. The van der Waals surface area contributed by atoms with Crippen molar-refractivity contribution >= 4 is 17.5 Å². The predicted molar refractivity (Wildman–Crippen MR) is 116 cm³/mol. The number of aryl methyl sites for hydroxylation is 1. The Kier molecular flexibility index (Phi) is 5.67. The van der Waals surface area contributed by atoms with Crippen LogP contribution in [0.4, 0.5) is 0 Å². The molecule has 4 rings (SSSR count). The molecule has 0 aliphatic rings. The number of nitrogens with one attached hydrogen (secondary N) is 1. The van der Waals surface area contributed by atoms with Gasteiger partial charge in [-0.05, 0) is 56.3 Å². The maximum atomic E-state index is 12.9. The first-order valence-corrected chi connectivity index (χ1v) is 10.4. The van der Waals surface area contributed by atoms with Crippen LogP contribution in [0.5, 0.6) is 5.75 Å². The van der Waals surface area contributed by atoms with Gasteiger partial charge in [-0.2, -0.15) is 0 Å². The second-order valence-electron chi connectivity index (χ2n) is 6.73. The van der Waals surface area contributed by atoms with Crippen molar-refractivity contribution < 1.29 is 9.53 Å². The minimum atomic E-state index is 0.0446. The molecule has 0 aliphatic heterocycles. The summed E-state index contributed by atoms with van der Waals surface area (Å²) >= 11 is 1.32. The molecule has 0 saturated heterocycles. The standard InChI is InChI=1S/C22H21N5O2S/c1-14-12-19(15(2)27(14)17-4-6-18(29-3)7-5-17)20(28)13-30-22-24-21(25-26-22)16-8-10-23-11-9-16/h4-12H,13H2,1-3H3,(H,24,25,26). The van der Waals surface area contributed by atoms with Gasteiger partial charge in [-0.3, -0.25) is 14.9 Å². The number of ketones is 1. The first kappa shape index (κ1) is 19.9. The molecule has 0 radical (unpaired) electrons. The molecular weight excluding hydrogens is 398 g/mol. The number of aromatic nitrogens is 5. The lowest BCUT2D eigenvalue weighted by Gasteiger charge is -2.10. The van der Waals surface area contributed by atoms with Gasteiger partial charge in [0.15, 0.2) is 11.6 Å². The minimum absolute atomic E-state index is 0.0446. The summed E-state index contributed by atoms with van der Waals surface area (Å²) in [5, 5.41) is 7.65. The molecule has 3 heterocycles. The van der Waals surface area contributed by atoms with Crippen LogP contribution in [0, 0.1) is 13.8 Å². The number of carbonyl (C=O) groups excluding carboxylic acids is 1. The highest BCUT2D eigenvalue weighted by Gasteiger charge is 2.18. The number of hydrogen-bond acceptors (Lipinski definition) is 6. The molecule has 0 amide bonds. The second-order valence-corrected chi connectivity index (χ2v) is 7.68. The van der Waals surface area contributed by atoms with Gasteiger partial charge in [0.2, 0.25) is 5.16 Å². The number of thioether (sulfide) groups is 1. The smallest absolute Gasteiger partial charge is 0.209 e. The molecule has 0 spiro atoms. The van der Waals surface area contributed by atoms with E-state index < -0.39 is 0 Å². The molecule has 0 aliphatic carbocycles. The number of Topliss-reactive ketones (excluding diaryl/α,β-unsaturated/α-hetero) is 1. The number of carbonyl (C=O) groups is 1. The zero-order chi connectivity index (χ0) is 21.1. The number of benzene rings is 1. The fourth-order valence-corrected chi connectivity index (χ4v) is 4.01. The molecule has 4 aromatic rings. The molecule has 0 unspecified atom stereocenters. The molecule has 0 fully saturated rings. The van der Waals surface area contributed by atoms with Gasteiger partial charge < -0.3 is 9.30 Å². The van der Waals surface area contributed by atoms with E-state index >= 15 is 0 Å². The van der Waals surface area contributed by atoms with Crippen LogP contribution in [0.1, 0.15) is 21.7 Å². The van der Waals surface area contributed by atoms with E-state index in [9.17, 15) is 4.79 Å². The van der Waals surface area contributed by atoms with Crippen molar-refractivity contribution in [2.75, 3.05) is 12.9 Å². The van der Waals surface area contributed by atoms with Crippen LogP contribution in [0.2, 0.25) is 0 Å². The minimum Gasteiger partial charge on any atom is -0.497 e. The summed E-state index contributed by atoms with van der Waals surface area (Å²) in [7, 11) is 1.64. The Morgan fingerprint density at radius 1 is 1.13 bits per heavy atom. The molecule has 0 atom stereocenters. The molecule has 0 saturated carbocycles. The highest BCUT2D eigenvalue weighted by atomic mass is 32.2. The maximum absolute atomic E-state index is 12.9. The van der Waals surface area contributed by atoms with Crippen molar-refractivity contribution in [3.63, 3.8) is 0 Å². The first-order chi connectivity index (χ1) is 14.6. The lowest BCUT2D eigenvalue weighted by Crippen LogP contribution is -2.05. The van der Waals surface area contributed by atoms with Gasteiger partial charge in [0.1, 0.15) is 5.75 Å². The fraction of sp³-hybridized carbons (Fsp3) is 0.182. The molecule has 30 heavy (non-hydrogen) atoms. The van der Waals surface area contributed by atoms with Gasteiger partial charge >= 0.3 is 0 Å². The number of aromatic amines is 1. The van der Waals surface area contributed by atoms with Crippen LogP contribution in [0.3, 0.4) is 0 Å². The van der Waals surface area contributed by atoms with Gasteiger partial charge in [0.25, 0.3) is 0 Å². The van der Waals surface area contributed by atoms with Crippen molar-refractivity contribution in [3.05, 3.63) is 71.8 Å². The van der Waals surface area contributed by atoms with Crippen molar-refractivity contribution in [3.8, 4) is 22.8 Å². The van der Waals surface area contributed by atoms with Gasteiger partial charge in [-0.25, -0.2) is 4.98 Å². The number of nitrogens with zero attached hydrogens (tertiary/aromatic N) is 4. The van der Waals surface area contributed by atoms with Crippen LogP contribution < -0.4 is 4.74 Å². The van der Waals surface area contributed by atoms with E-state index in [0.717, 1.165) is 28.4 Å². The van der Waals surface area contributed by atoms with Crippen molar-refractivity contribution in [1.82, 2.24) is 24.7 Å².